The first-order valence-corrected chi connectivity index (χ1v) is 7.96. The highest BCUT2D eigenvalue weighted by atomic mass is 32.1. The zero-order chi connectivity index (χ0) is 17.0. The van der Waals surface area contributed by atoms with Gasteiger partial charge in [-0.2, -0.15) is 0 Å². The maximum atomic E-state index is 13.7. The minimum atomic E-state index is -0.595. The fourth-order valence-corrected chi connectivity index (χ4v) is 2.98. The molecule has 2 aromatic rings. The molecule has 122 valence electrons. The Bertz CT molecular complexity index is 717. The first-order chi connectivity index (χ1) is 10.9. The predicted octanol–water partition coefficient (Wildman–Crippen LogP) is 2.66. The van der Waals surface area contributed by atoms with Crippen molar-refractivity contribution < 1.29 is 14.0 Å². The average Bonchev–Trinajstić information content (AvgIpc) is 2.95. The van der Waals surface area contributed by atoms with Gasteiger partial charge in [0.25, 0.3) is 5.91 Å². The summed E-state index contributed by atoms with van der Waals surface area (Å²) >= 11 is 1.22. The highest BCUT2D eigenvalue weighted by molar-refractivity contribution is 7.14. The number of halogens is 1. The van der Waals surface area contributed by atoms with Crippen LogP contribution in [0, 0.1) is 5.82 Å². The Kier molecular flexibility index (Phi) is 5.46. The Balaban J connectivity index is 2.01. The second-order valence-electron chi connectivity index (χ2n) is 5.15. The molecule has 0 spiro atoms. The van der Waals surface area contributed by atoms with Crippen LogP contribution in [0.15, 0.2) is 35.7 Å². The van der Waals surface area contributed by atoms with Crippen molar-refractivity contribution in [1.82, 2.24) is 5.32 Å². The van der Waals surface area contributed by atoms with Crippen LogP contribution >= 0.6 is 11.3 Å². The minimum absolute atomic E-state index is 0.276. The first-order valence-electron chi connectivity index (χ1n) is 7.08. The van der Waals surface area contributed by atoms with Gasteiger partial charge in [-0.3, -0.25) is 14.9 Å². The van der Waals surface area contributed by atoms with Gasteiger partial charge in [0.15, 0.2) is 0 Å². The molecule has 0 saturated carbocycles. The third kappa shape index (κ3) is 4.14. The normalized spacial score (nSPS) is 13.3. The molecule has 0 radical (unpaired) electrons. The van der Waals surface area contributed by atoms with E-state index in [1.165, 1.54) is 17.4 Å². The van der Waals surface area contributed by atoms with E-state index in [1.807, 2.05) is 0 Å². The predicted molar refractivity (Wildman–Crippen MR) is 88.9 cm³/mol. The first kappa shape index (κ1) is 17.1. The number of anilines is 1. The molecule has 1 aromatic heterocycles. The van der Waals surface area contributed by atoms with E-state index >= 15 is 0 Å². The number of thiophene rings is 1. The number of hydrogen-bond acceptors (Lipinski definition) is 4. The van der Waals surface area contributed by atoms with Crippen molar-refractivity contribution >= 4 is 28.2 Å². The van der Waals surface area contributed by atoms with Crippen molar-refractivity contribution in [3.05, 3.63) is 52.7 Å². The molecule has 0 saturated heterocycles. The van der Waals surface area contributed by atoms with Gasteiger partial charge in [-0.1, -0.05) is 18.2 Å². The minimum Gasteiger partial charge on any atom is -0.366 e. The lowest BCUT2D eigenvalue weighted by atomic mass is 10.1. The fraction of sp³-hybridized carbons (Fsp3) is 0.250. The van der Waals surface area contributed by atoms with Gasteiger partial charge in [0.1, 0.15) is 10.8 Å². The number of amides is 2. The maximum absolute atomic E-state index is 13.7. The third-order valence-corrected chi connectivity index (χ3v) is 4.26. The van der Waals surface area contributed by atoms with Crippen LogP contribution in [0.4, 0.5) is 9.39 Å². The third-order valence-electron chi connectivity index (χ3n) is 3.43. The lowest BCUT2D eigenvalue weighted by Gasteiger charge is -2.20. The van der Waals surface area contributed by atoms with E-state index in [2.05, 4.69) is 10.6 Å². The molecule has 0 aliphatic carbocycles. The summed E-state index contributed by atoms with van der Waals surface area (Å²) in [6, 6.07) is 7.05. The van der Waals surface area contributed by atoms with Crippen LogP contribution in [0.5, 0.6) is 0 Å². The number of carbonyl (C=O) groups is 2. The Hall–Kier alpha value is -2.25. The molecule has 0 aliphatic heterocycles. The SMILES string of the molecule is C[C@@H](N[C@H](C)c1ccccc1F)C(=O)Nc1sccc1C(N)=O. The monoisotopic (exact) mass is 335 g/mol. The number of carbonyl (C=O) groups excluding carboxylic acids is 2. The number of hydrogen-bond donors (Lipinski definition) is 3. The molecule has 0 unspecified atom stereocenters. The van der Waals surface area contributed by atoms with E-state index in [1.54, 1.807) is 43.5 Å². The van der Waals surface area contributed by atoms with Crippen LogP contribution < -0.4 is 16.4 Å². The summed E-state index contributed by atoms with van der Waals surface area (Å²) in [6.45, 7) is 3.45. The molecule has 1 aromatic carbocycles. The summed E-state index contributed by atoms with van der Waals surface area (Å²) in [4.78, 5) is 23.5. The number of rotatable bonds is 6. The van der Waals surface area contributed by atoms with Gasteiger partial charge >= 0.3 is 0 Å². The topological polar surface area (TPSA) is 84.2 Å². The molecule has 5 nitrogen and oxygen atoms in total. The average molecular weight is 335 g/mol. The summed E-state index contributed by atoms with van der Waals surface area (Å²) < 4.78 is 13.7. The Morgan fingerprint density at radius 3 is 2.57 bits per heavy atom. The second kappa shape index (κ2) is 7.34. The van der Waals surface area contributed by atoms with Crippen molar-refractivity contribution in [3.8, 4) is 0 Å². The van der Waals surface area contributed by atoms with E-state index < -0.39 is 11.9 Å². The van der Waals surface area contributed by atoms with Crippen LogP contribution in [-0.2, 0) is 4.79 Å². The summed E-state index contributed by atoms with van der Waals surface area (Å²) in [7, 11) is 0. The van der Waals surface area contributed by atoms with Crippen molar-refractivity contribution in [1.29, 1.82) is 0 Å². The van der Waals surface area contributed by atoms with Crippen molar-refractivity contribution in [2.45, 2.75) is 25.9 Å². The molecule has 4 N–H and O–H groups in total. The van der Waals surface area contributed by atoms with Crippen LogP contribution in [0.25, 0.3) is 0 Å². The largest absolute Gasteiger partial charge is 0.366 e. The van der Waals surface area contributed by atoms with Crippen molar-refractivity contribution in [2.75, 3.05) is 5.32 Å². The Morgan fingerprint density at radius 2 is 1.91 bits per heavy atom. The summed E-state index contributed by atoms with van der Waals surface area (Å²) in [6.07, 6.45) is 0. The van der Waals surface area contributed by atoms with E-state index in [0.29, 0.717) is 10.6 Å². The van der Waals surface area contributed by atoms with E-state index in [4.69, 9.17) is 5.73 Å². The lowest BCUT2D eigenvalue weighted by Crippen LogP contribution is -2.39. The zero-order valence-electron chi connectivity index (χ0n) is 12.8. The van der Waals surface area contributed by atoms with Crippen LogP contribution in [0.1, 0.15) is 35.8 Å². The molecule has 0 aliphatic rings. The van der Waals surface area contributed by atoms with Crippen LogP contribution in [0.2, 0.25) is 0 Å². The molecule has 23 heavy (non-hydrogen) atoms. The molecule has 0 bridgehead atoms. The van der Waals surface area contributed by atoms with E-state index in [0.717, 1.165) is 0 Å². The molecule has 2 rings (SSSR count). The zero-order valence-corrected chi connectivity index (χ0v) is 13.6. The molecule has 1 heterocycles. The maximum Gasteiger partial charge on any atom is 0.251 e. The van der Waals surface area contributed by atoms with Gasteiger partial charge in [0.2, 0.25) is 5.91 Å². The van der Waals surface area contributed by atoms with Gasteiger partial charge in [-0.15, -0.1) is 11.3 Å². The lowest BCUT2D eigenvalue weighted by molar-refractivity contribution is -0.117. The summed E-state index contributed by atoms with van der Waals surface area (Å²) in [5.74, 6) is -1.24. The number of benzene rings is 1. The van der Waals surface area contributed by atoms with Gasteiger partial charge in [-0.25, -0.2) is 4.39 Å². The molecular formula is C16H18FN3O2S. The molecule has 2 atom stereocenters. The molecule has 2 amide bonds. The molecular weight excluding hydrogens is 317 g/mol. The molecule has 7 heteroatoms. The number of nitrogens with one attached hydrogen (secondary N) is 2. The second-order valence-corrected chi connectivity index (χ2v) is 6.06. The van der Waals surface area contributed by atoms with Crippen molar-refractivity contribution in [2.24, 2.45) is 5.73 Å². The number of nitrogens with two attached hydrogens (primary N) is 1. The highest BCUT2D eigenvalue weighted by Gasteiger charge is 2.20. The summed E-state index contributed by atoms with van der Waals surface area (Å²) in [5, 5.41) is 7.79. The quantitative estimate of drug-likeness (QED) is 0.759. The van der Waals surface area contributed by atoms with Gasteiger partial charge in [0.05, 0.1) is 11.6 Å². The van der Waals surface area contributed by atoms with Crippen LogP contribution in [0.3, 0.4) is 0 Å². The Labute approximate surface area is 137 Å². The Morgan fingerprint density at radius 1 is 1.22 bits per heavy atom. The van der Waals surface area contributed by atoms with Crippen LogP contribution in [-0.4, -0.2) is 17.9 Å². The standard InChI is InChI=1S/C16H18FN3O2S/c1-9(11-5-3-4-6-13(11)17)19-10(2)15(22)20-16-12(14(18)21)7-8-23-16/h3-10,19H,1-2H3,(H2,18,21)(H,20,22)/t9-,10-/m1/s1. The molecule has 0 fully saturated rings. The van der Waals surface area contributed by atoms with Gasteiger partial charge < -0.3 is 11.1 Å². The van der Waals surface area contributed by atoms with Crippen molar-refractivity contribution in [3.63, 3.8) is 0 Å². The smallest absolute Gasteiger partial charge is 0.251 e. The van der Waals surface area contributed by atoms with Gasteiger partial charge in [0, 0.05) is 11.6 Å². The van der Waals surface area contributed by atoms with E-state index in [9.17, 15) is 14.0 Å². The van der Waals surface area contributed by atoms with E-state index in [-0.39, 0.29) is 23.3 Å². The number of primary amides is 1. The fourth-order valence-electron chi connectivity index (χ4n) is 2.19. The van der Waals surface area contributed by atoms with Gasteiger partial charge in [-0.05, 0) is 31.4 Å². The summed E-state index contributed by atoms with van der Waals surface area (Å²) in [5.41, 5.74) is 6.01. The highest BCUT2D eigenvalue weighted by Crippen LogP contribution is 2.23.